The molecule has 1 aromatic carbocycles. The van der Waals surface area contributed by atoms with E-state index in [4.69, 9.17) is 9.72 Å². The van der Waals surface area contributed by atoms with Crippen LogP contribution >= 0.6 is 0 Å². The van der Waals surface area contributed by atoms with Crippen molar-refractivity contribution in [2.24, 2.45) is 0 Å². The number of para-hydroxylation sites is 2. The highest BCUT2D eigenvalue weighted by Crippen LogP contribution is 2.28. The summed E-state index contributed by atoms with van der Waals surface area (Å²) < 4.78 is 5.61. The van der Waals surface area contributed by atoms with Crippen molar-refractivity contribution in [3.63, 3.8) is 0 Å². The Morgan fingerprint density at radius 3 is 2.83 bits per heavy atom. The molecule has 1 amide bonds. The van der Waals surface area contributed by atoms with Crippen molar-refractivity contribution in [1.29, 1.82) is 0 Å². The van der Waals surface area contributed by atoms with Gasteiger partial charge in [-0.05, 0) is 44.2 Å². The lowest BCUT2D eigenvalue weighted by molar-refractivity contribution is -0.132. The van der Waals surface area contributed by atoms with E-state index >= 15 is 0 Å². The summed E-state index contributed by atoms with van der Waals surface area (Å²) in [5.74, 6) is 1.79. The normalized spacial score (nSPS) is 22.3. The number of H-pyrrole nitrogens is 1. The van der Waals surface area contributed by atoms with Gasteiger partial charge in [-0.3, -0.25) is 4.79 Å². The van der Waals surface area contributed by atoms with E-state index < -0.39 is 0 Å². The Hall–Kier alpha value is -1.88. The van der Waals surface area contributed by atoms with Gasteiger partial charge in [0.15, 0.2) is 0 Å². The first-order valence-corrected chi connectivity index (χ1v) is 9.13. The Bertz CT molecular complexity index is 664. The number of nitrogens with zero attached hydrogens (tertiary/aromatic N) is 2. The number of carbonyl (C=O) groups excluding carboxylic acids is 1. The predicted molar refractivity (Wildman–Crippen MR) is 92.9 cm³/mol. The number of likely N-dealkylation sites (tertiary alicyclic amines) is 1. The minimum atomic E-state index is 0.286. The summed E-state index contributed by atoms with van der Waals surface area (Å²) in [6, 6.07) is 8.15. The zero-order valence-electron chi connectivity index (χ0n) is 14.0. The van der Waals surface area contributed by atoms with Gasteiger partial charge < -0.3 is 14.6 Å². The maximum atomic E-state index is 12.4. The highest BCUT2D eigenvalue weighted by atomic mass is 16.5. The molecule has 5 heteroatoms. The third kappa shape index (κ3) is 3.31. The van der Waals surface area contributed by atoms with E-state index in [0.29, 0.717) is 18.4 Å². The fourth-order valence-electron chi connectivity index (χ4n) is 3.88. The van der Waals surface area contributed by atoms with Gasteiger partial charge in [0, 0.05) is 32.0 Å². The second-order valence-electron chi connectivity index (χ2n) is 6.97. The molecule has 4 rings (SSSR count). The SMILES string of the molecule is O=C(CCC1CCCO1)N1CCC(c2nc3ccccc3[nH]2)CC1. The van der Waals surface area contributed by atoms with Crippen LogP contribution in [0.4, 0.5) is 0 Å². The van der Waals surface area contributed by atoms with Crippen LogP contribution in [0, 0.1) is 0 Å². The maximum absolute atomic E-state index is 12.4. The molecule has 0 aliphatic carbocycles. The number of aromatic nitrogens is 2. The van der Waals surface area contributed by atoms with Gasteiger partial charge >= 0.3 is 0 Å². The third-order valence-electron chi connectivity index (χ3n) is 5.35. The molecule has 1 N–H and O–H groups in total. The molecule has 2 aromatic rings. The average molecular weight is 327 g/mol. The summed E-state index contributed by atoms with van der Waals surface area (Å²) in [5.41, 5.74) is 2.13. The molecule has 2 aliphatic heterocycles. The van der Waals surface area contributed by atoms with Gasteiger partial charge in [0.05, 0.1) is 17.1 Å². The summed E-state index contributed by atoms with van der Waals surface area (Å²) in [7, 11) is 0. The largest absolute Gasteiger partial charge is 0.378 e. The highest BCUT2D eigenvalue weighted by molar-refractivity contribution is 5.76. The lowest BCUT2D eigenvalue weighted by Gasteiger charge is -2.31. The summed E-state index contributed by atoms with van der Waals surface area (Å²) >= 11 is 0. The maximum Gasteiger partial charge on any atom is 0.222 e. The Morgan fingerprint density at radius 1 is 1.25 bits per heavy atom. The topological polar surface area (TPSA) is 58.2 Å². The molecule has 2 aliphatic rings. The fraction of sp³-hybridized carbons (Fsp3) is 0.579. The molecule has 5 nitrogen and oxygen atoms in total. The predicted octanol–water partition coefficient (Wildman–Crippen LogP) is 3.23. The first kappa shape index (κ1) is 15.6. The Labute approximate surface area is 142 Å². The number of ether oxygens (including phenoxy) is 1. The van der Waals surface area contributed by atoms with Crippen molar-refractivity contribution < 1.29 is 9.53 Å². The molecule has 0 spiro atoms. The van der Waals surface area contributed by atoms with E-state index in [1.54, 1.807) is 0 Å². The molecular formula is C19H25N3O2. The number of aromatic amines is 1. The zero-order valence-corrected chi connectivity index (χ0v) is 14.0. The van der Waals surface area contributed by atoms with Crippen molar-refractivity contribution in [3.05, 3.63) is 30.1 Å². The van der Waals surface area contributed by atoms with Crippen LogP contribution in [0.5, 0.6) is 0 Å². The molecule has 0 saturated carbocycles. The van der Waals surface area contributed by atoms with Crippen LogP contribution in [0.3, 0.4) is 0 Å². The van der Waals surface area contributed by atoms with Crippen LogP contribution < -0.4 is 0 Å². The van der Waals surface area contributed by atoms with Gasteiger partial charge in [0.2, 0.25) is 5.91 Å². The van der Waals surface area contributed by atoms with Crippen molar-refractivity contribution in [3.8, 4) is 0 Å². The van der Waals surface area contributed by atoms with Gasteiger partial charge in [-0.15, -0.1) is 0 Å². The lowest BCUT2D eigenvalue weighted by atomic mass is 9.95. The van der Waals surface area contributed by atoms with Crippen molar-refractivity contribution in [2.75, 3.05) is 19.7 Å². The minimum Gasteiger partial charge on any atom is -0.378 e. The van der Waals surface area contributed by atoms with E-state index in [1.165, 1.54) is 0 Å². The lowest BCUT2D eigenvalue weighted by Crippen LogP contribution is -2.38. The summed E-state index contributed by atoms with van der Waals surface area (Å²) in [5, 5.41) is 0. The van der Waals surface area contributed by atoms with E-state index in [2.05, 4.69) is 11.1 Å². The Balaban J connectivity index is 1.30. The Kier molecular flexibility index (Phi) is 4.52. The van der Waals surface area contributed by atoms with Gasteiger partial charge in [0.1, 0.15) is 5.82 Å². The Morgan fingerprint density at radius 2 is 2.08 bits per heavy atom. The molecule has 3 heterocycles. The van der Waals surface area contributed by atoms with Crippen molar-refractivity contribution in [1.82, 2.24) is 14.9 Å². The number of hydrogen-bond donors (Lipinski definition) is 1. The highest BCUT2D eigenvalue weighted by Gasteiger charge is 2.26. The number of benzene rings is 1. The first-order valence-electron chi connectivity index (χ1n) is 9.13. The average Bonchev–Trinajstić information content (AvgIpc) is 3.29. The number of hydrogen-bond acceptors (Lipinski definition) is 3. The number of nitrogens with one attached hydrogen (secondary N) is 1. The summed E-state index contributed by atoms with van der Waals surface area (Å²) in [4.78, 5) is 22.6. The van der Waals surface area contributed by atoms with Gasteiger partial charge in [0.25, 0.3) is 0 Å². The summed E-state index contributed by atoms with van der Waals surface area (Å²) in [6.45, 7) is 2.54. The molecule has 1 atom stereocenters. The van der Waals surface area contributed by atoms with E-state index in [0.717, 1.165) is 68.7 Å². The second-order valence-corrected chi connectivity index (χ2v) is 6.97. The van der Waals surface area contributed by atoms with E-state index in [1.807, 2.05) is 23.1 Å². The third-order valence-corrected chi connectivity index (χ3v) is 5.35. The molecule has 2 saturated heterocycles. The molecule has 2 fully saturated rings. The quantitative estimate of drug-likeness (QED) is 0.938. The van der Waals surface area contributed by atoms with Gasteiger partial charge in [-0.2, -0.15) is 0 Å². The first-order chi connectivity index (χ1) is 11.8. The molecular weight excluding hydrogens is 302 g/mol. The number of fused-ring (bicyclic) bond motifs is 1. The van der Waals surface area contributed by atoms with Crippen LogP contribution in [0.25, 0.3) is 11.0 Å². The number of carbonyl (C=O) groups is 1. The fourth-order valence-corrected chi connectivity index (χ4v) is 3.88. The minimum absolute atomic E-state index is 0.286. The van der Waals surface area contributed by atoms with E-state index in [-0.39, 0.29) is 5.91 Å². The number of amides is 1. The molecule has 1 unspecified atom stereocenters. The smallest absolute Gasteiger partial charge is 0.222 e. The monoisotopic (exact) mass is 327 g/mol. The number of imidazole rings is 1. The zero-order chi connectivity index (χ0) is 16.4. The standard InChI is InChI=1S/C19H25N3O2/c23-18(8-7-15-4-3-13-24-15)22-11-9-14(10-12-22)19-20-16-5-1-2-6-17(16)21-19/h1-2,5-6,14-15H,3-4,7-13H2,(H,20,21). The van der Waals surface area contributed by atoms with Gasteiger partial charge in [-0.25, -0.2) is 4.98 Å². The number of piperidine rings is 1. The number of rotatable bonds is 4. The molecule has 0 radical (unpaired) electrons. The van der Waals surface area contributed by atoms with Crippen LogP contribution in [0.15, 0.2) is 24.3 Å². The van der Waals surface area contributed by atoms with Gasteiger partial charge in [-0.1, -0.05) is 12.1 Å². The van der Waals surface area contributed by atoms with Crippen molar-refractivity contribution >= 4 is 16.9 Å². The van der Waals surface area contributed by atoms with Crippen LogP contribution in [-0.2, 0) is 9.53 Å². The molecule has 1 aromatic heterocycles. The molecule has 24 heavy (non-hydrogen) atoms. The van der Waals surface area contributed by atoms with Crippen LogP contribution in [0.2, 0.25) is 0 Å². The van der Waals surface area contributed by atoms with Crippen LogP contribution in [-0.4, -0.2) is 46.6 Å². The van der Waals surface area contributed by atoms with E-state index in [9.17, 15) is 4.79 Å². The molecule has 128 valence electrons. The summed E-state index contributed by atoms with van der Waals surface area (Å²) in [6.07, 6.45) is 6.05. The molecule has 0 bridgehead atoms. The second kappa shape index (κ2) is 6.93. The van der Waals surface area contributed by atoms with Crippen LogP contribution in [0.1, 0.15) is 50.3 Å². The van der Waals surface area contributed by atoms with Crippen molar-refractivity contribution in [2.45, 2.75) is 50.5 Å².